The molecule has 1 fully saturated rings. The summed E-state index contributed by atoms with van der Waals surface area (Å²) in [6, 6.07) is 2.01. The molecular formula is C10H11Br2NO. The molecule has 0 aromatic heterocycles. The maximum absolute atomic E-state index is 9.94. The lowest BCUT2D eigenvalue weighted by molar-refractivity contribution is 0.411. The Bertz CT molecular complexity index is 375. The van der Waals surface area contributed by atoms with Crippen molar-refractivity contribution in [3.05, 3.63) is 26.1 Å². The molecule has 0 radical (unpaired) electrons. The van der Waals surface area contributed by atoms with Crippen molar-refractivity contribution >= 4 is 31.9 Å². The lowest BCUT2D eigenvalue weighted by atomic mass is 9.92. The summed E-state index contributed by atoms with van der Waals surface area (Å²) in [7, 11) is 0. The van der Waals surface area contributed by atoms with Crippen LogP contribution in [0.15, 0.2) is 15.0 Å². The molecular weight excluding hydrogens is 310 g/mol. The summed E-state index contributed by atoms with van der Waals surface area (Å²) >= 11 is 6.89. The van der Waals surface area contributed by atoms with Crippen molar-refractivity contribution in [3.8, 4) is 5.75 Å². The highest BCUT2D eigenvalue weighted by Gasteiger charge is 2.24. The normalized spacial score (nSPS) is 16.8. The molecule has 1 heterocycles. The number of hydrogen-bond acceptors (Lipinski definition) is 2. The molecule has 0 unspecified atom stereocenters. The van der Waals surface area contributed by atoms with Gasteiger partial charge in [0.15, 0.2) is 0 Å². The largest absolute Gasteiger partial charge is 0.506 e. The molecule has 0 bridgehead atoms. The van der Waals surface area contributed by atoms with Crippen LogP contribution in [0, 0.1) is 6.92 Å². The second kappa shape index (κ2) is 3.83. The molecule has 1 aromatic carbocycles. The van der Waals surface area contributed by atoms with E-state index in [-0.39, 0.29) is 0 Å². The van der Waals surface area contributed by atoms with Gasteiger partial charge in [0.25, 0.3) is 0 Å². The van der Waals surface area contributed by atoms with E-state index in [0.717, 1.165) is 33.2 Å². The summed E-state index contributed by atoms with van der Waals surface area (Å²) in [5.41, 5.74) is 2.06. The second-order valence-electron chi connectivity index (χ2n) is 3.59. The molecule has 1 aromatic rings. The first kappa shape index (κ1) is 10.5. The fourth-order valence-electron chi connectivity index (χ4n) is 1.54. The highest BCUT2D eigenvalue weighted by Crippen LogP contribution is 2.40. The minimum absolute atomic E-state index is 0.386. The van der Waals surface area contributed by atoms with Crippen LogP contribution in [0.25, 0.3) is 0 Å². The quantitative estimate of drug-likeness (QED) is 0.834. The Morgan fingerprint density at radius 3 is 2.57 bits per heavy atom. The van der Waals surface area contributed by atoms with Crippen molar-refractivity contribution in [2.45, 2.75) is 12.8 Å². The van der Waals surface area contributed by atoms with Crippen LogP contribution in [0.5, 0.6) is 5.75 Å². The number of phenols is 1. The third-order valence-corrected chi connectivity index (χ3v) is 4.47. The van der Waals surface area contributed by atoms with Crippen LogP contribution in [0.3, 0.4) is 0 Å². The van der Waals surface area contributed by atoms with Gasteiger partial charge < -0.3 is 10.4 Å². The molecule has 0 aliphatic carbocycles. The van der Waals surface area contributed by atoms with Crippen molar-refractivity contribution < 1.29 is 5.11 Å². The number of halogens is 2. The van der Waals surface area contributed by atoms with Crippen LogP contribution in [-0.2, 0) is 0 Å². The Balaban J connectivity index is 2.49. The van der Waals surface area contributed by atoms with Gasteiger partial charge in [0, 0.05) is 29.0 Å². The molecule has 0 amide bonds. The number of benzene rings is 1. The molecule has 4 heteroatoms. The predicted octanol–water partition coefficient (Wildman–Crippen LogP) is 2.91. The molecule has 14 heavy (non-hydrogen) atoms. The fraction of sp³-hybridized carbons (Fsp3) is 0.400. The van der Waals surface area contributed by atoms with E-state index in [9.17, 15) is 5.11 Å². The van der Waals surface area contributed by atoms with E-state index in [1.807, 2.05) is 13.0 Å². The highest BCUT2D eigenvalue weighted by atomic mass is 79.9. The standard InChI is InChI=1S/C10H11Br2NO/c1-5-8(11)2-7(6-3-13-4-6)10(14)9(5)12/h2,6,13-14H,3-4H2,1H3. The van der Waals surface area contributed by atoms with Crippen LogP contribution >= 0.6 is 31.9 Å². The lowest BCUT2D eigenvalue weighted by Gasteiger charge is -2.28. The van der Waals surface area contributed by atoms with Gasteiger partial charge in [0.2, 0.25) is 0 Å². The number of rotatable bonds is 1. The van der Waals surface area contributed by atoms with E-state index >= 15 is 0 Å². The van der Waals surface area contributed by atoms with Crippen LogP contribution in [0.2, 0.25) is 0 Å². The van der Waals surface area contributed by atoms with Gasteiger partial charge in [-0.25, -0.2) is 0 Å². The maximum atomic E-state index is 9.94. The second-order valence-corrected chi connectivity index (χ2v) is 5.24. The van der Waals surface area contributed by atoms with Gasteiger partial charge in [-0.2, -0.15) is 0 Å². The number of aromatic hydroxyl groups is 1. The van der Waals surface area contributed by atoms with Crippen molar-refractivity contribution in [1.29, 1.82) is 0 Å². The Kier molecular flexibility index (Phi) is 2.86. The number of phenolic OH excluding ortho intramolecular Hbond substituents is 1. The van der Waals surface area contributed by atoms with E-state index in [1.54, 1.807) is 0 Å². The van der Waals surface area contributed by atoms with Crippen LogP contribution in [-0.4, -0.2) is 18.2 Å². The zero-order valence-corrected chi connectivity index (χ0v) is 10.9. The molecule has 0 saturated carbocycles. The van der Waals surface area contributed by atoms with Crippen LogP contribution in [0.1, 0.15) is 17.0 Å². The van der Waals surface area contributed by atoms with E-state index in [4.69, 9.17) is 0 Å². The monoisotopic (exact) mass is 319 g/mol. The molecule has 1 aliphatic heterocycles. The van der Waals surface area contributed by atoms with E-state index in [1.165, 1.54) is 0 Å². The van der Waals surface area contributed by atoms with Crippen molar-refractivity contribution in [3.63, 3.8) is 0 Å². The van der Waals surface area contributed by atoms with Gasteiger partial charge >= 0.3 is 0 Å². The average molecular weight is 321 g/mol. The van der Waals surface area contributed by atoms with Gasteiger partial charge in [0.05, 0.1) is 4.47 Å². The molecule has 1 saturated heterocycles. The van der Waals surface area contributed by atoms with E-state index in [2.05, 4.69) is 37.2 Å². The van der Waals surface area contributed by atoms with E-state index < -0.39 is 0 Å². The first-order valence-electron chi connectivity index (χ1n) is 4.49. The molecule has 2 N–H and O–H groups in total. The average Bonchev–Trinajstić information content (AvgIpc) is 2.08. The third kappa shape index (κ3) is 1.59. The number of nitrogens with one attached hydrogen (secondary N) is 1. The van der Waals surface area contributed by atoms with Gasteiger partial charge in [0.1, 0.15) is 5.75 Å². The van der Waals surface area contributed by atoms with Crippen molar-refractivity contribution in [2.24, 2.45) is 0 Å². The molecule has 1 aliphatic rings. The zero-order chi connectivity index (χ0) is 10.3. The Hall–Kier alpha value is -0.0600. The predicted molar refractivity (Wildman–Crippen MR) is 63.9 cm³/mol. The fourth-order valence-corrected chi connectivity index (χ4v) is 2.70. The van der Waals surface area contributed by atoms with Gasteiger partial charge in [-0.1, -0.05) is 15.9 Å². The first-order valence-corrected chi connectivity index (χ1v) is 6.08. The smallest absolute Gasteiger partial charge is 0.133 e. The van der Waals surface area contributed by atoms with E-state index in [0.29, 0.717) is 11.7 Å². The minimum Gasteiger partial charge on any atom is -0.506 e. The summed E-state index contributed by atoms with van der Waals surface area (Å²) < 4.78 is 1.85. The molecule has 0 atom stereocenters. The molecule has 2 rings (SSSR count). The summed E-state index contributed by atoms with van der Waals surface area (Å²) in [6.07, 6.45) is 0. The topological polar surface area (TPSA) is 32.3 Å². The van der Waals surface area contributed by atoms with Crippen molar-refractivity contribution in [2.75, 3.05) is 13.1 Å². The SMILES string of the molecule is Cc1c(Br)cc(C2CNC2)c(O)c1Br. The molecule has 76 valence electrons. The van der Waals surface area contributed by atoms with Crippen molar-refractivity contribution in [1.82, 2.24) is 5.32 Å². The minimum atomic E-state index is 0.386. The lowest BCUT2D eigenvalue weighted by Crippen LogP contribution is -2.39. The summed E-state index contributed by atoms with van der Waals surface area (Å²) in [5.74, 6) is 0.834. The number of hydrogen-bond donors (Lipinski definition) is 2. The first-order chi connectivity index (χ1) is 6.61. The van der Waals surface area contributed by atoms with Crippen LogP contribution < -0.4 is 5.32 Å². The molecule has 0 spiro atoms. The Labute approximate surface area is 100.0 Å². The molecule has 2 nitrogen and oxygen atoms in total. The zero-order valence-electron chi connectivity index (χ0n) is 7.77. The van der Waals surface area contributed by atoms with Gasteiger partial charge in [-0.15, -0.1) is 0 Å². The summed E-state index contributed by atoms with van der Waals surface area (Å²) in [5, 5.41) is 13.1. The van der Waals surface area contributed by atoms with Crippen LogP contribution in [0.4, 0.5) is 0 Å². The summed E-state index contributed by atoms with van der Waals surface area (Å²) in [6.45, 7) is 3.88. The summed E-state index contributed by atoms with van der Waals surface area (Å²) in [4.78, 5) is 0. The highest BCUT2D eigenvalue weighted by molar-refractivity contribution is 9.11. The Morgan fingerprint density at radius 1 is 1.43 bits per heavy atom. The third-order valence-electron chi connectivity index (χ3n) is 2.67. The maximum Gasteiger partial charge on any atom is 0.133 e. The van der Waals surface area contributed by atoms with Gasteiger partial charge in [-0.3, -0.25) is 0 Å². The van der Waals surface area contributed by atoms with Gasteiger partial charge in [-0.05, 0) is 34.5 Å². The Morgan fingerprint density at radius 2 is 2.07 bits per heavy atom.